The molecule has 3 atom stereocenters. The van der Waals surface area contributed by atoms with Crippen molar-refractivity contribution >= 4 is 75.2 Å². The van der Waals surface area contributed by atoms with Crippen LogP contribution in [-0.2, 0) is 19.2 Å². The van der Waals surface area contributed by atoms with Gasteiger partial charge in [-0.2, -0.15) is 10.1 Å². The van der Waals surface area contributed by atoms with Crippen molar-refractivity contribution in [3.05, 3.63) is 51.0 Å². The third-order valence-electron chi connectivity index (χ3n) is 8.11. The van der Waals surface area contributed by atoms with Gasteiger partial charge in [-0.05, 0) is 69.0 Å². The maximum Gasteiger partial charge on any atom is 0.308 e. The zero-order valence-corrected chi connectivity index (χ0v) is 28.8. The van der Waals surface area contributed by atoms with Crippen LogP contribution >= 0.6 is 34.8 Å². The number of esters is 1. The minimum atomic E-state index is -0.963. The summed E-state index contributed by atoms with van der Waals surface area (Å²) in [7, 11) is 0. The maximum atomic E-state index is 14.1. The number of nitrogens with two attached hydrogens (primary N) is 1. The van der Waals surface area contributed by atoms with Crippen LogP contribution in [0.15, 0.2) is 40.4 Å². The molecular formula is C32H42Cl3N5O5. The van der Waals surface area contributed by atoms with Gasteiger partial charge in [0.05, 0.1) is 28.3 Å². The fourth-order valence-electron chi connectivity index (χ4n) is 5.26. The van der Waals surface area contributed by atoms with Crippen LogP contribution in [0.1, 0.15) is 65.9 Å². The molecule has 0 fully saturated rings. The predicted molar refractivity (Wildman–Crippen MR) is 182 cm³/mol. The lowest BCUT2D eigenvalue weighted by Gasteiger charge is -2.36. The Morgan fingerprint density at radius 2 is 1.84 bits per heavy atom. The fraction of sp³-hybridized carbons (Fsp3) is 0.500. The van der Waals surface area contributed by atoms with E-state index in [1.807, 2.05) is 46.8 Å². The molecule has 0 spiro atoms. The normalized spacial score (nSPS) is 16.9. The van der Waals surface area contributed by atoms with Gasteiger partial charge in [0.25, 0.3) is 5.91 Å². The number of halogens is 3. The molecule has 1 heterocycles. The van der Waals surface area contributed by atoms with E-state index >= 15 is 0 Å². The number of aliphatic imine (C=N–C) groups is 1. The standard InChI is InChI=1S/C32H42Cl3N5O5/c1-7-10-13-44-31(43)20(5)17-32(6,8-2)29(45-36)26-27(37-25-12-11-22(14-19(25)4)39(9-3)18-41)30(42)40(38-26)28-23(34)15-21(33)16-24(28)35/h11-12,14-16,20,29,41H,7-10,13,17-18,36H2,1-6H3. The van der Waals surface area contributed by atoms with Gasteiger partial charge in [-0.15, -0.1) is 0 Å². The molecule has 10 nitrogen and oxygen atoms in total. The Kier molecular flexibility index (Phi) is 13.2. The SMILES string of the molecule is CCCCOC(=O)C(C)CC(C)(CC)C(ON)C1=NN(c2c(Cl)cc(Cl)cc2Cl)C(=O)C1=Nc1ccc(N(CC)CO)cc1C. The molecule has 0 bridgehead atoms. The van der Waals surface area contributed by atoms with E-state index in [4.69, 9.17) is 55.3 Å². The van der Waals surface area contributed by atoms with Gasteiger partial charge in [-0.3, -0.25) is 14.4 Å². The highest BCUT2D eigenvalue weighted by molar-refractivity contribution is 6.73. The number of rotatable bonds is 15. The van der Waals surface area contributed by atoms with E-state index in [1.54, 1.807) is 17.9 Å². The van der Waals surface area contributed by atoms with E-state index < -0.39 is 23.3 Å². The zero-order chi connectivity index (χ0) is 33.5. The van der Waals surface area contributed by atoms with E-state index in [1.165, 1.54) is 12.1 Å². The van der Waals surface area contributed by atoms with E-state index in [2.05, 4.69) is 5.10 Å². The smallest absolute Gasteiger partial charge is 0.308 e. The molecule has 45 heavy (non-hydrogen) atoms. The second-order valence-corrected chi connectivity index (χ2v) is 12.6. The number of carbonyl (C=O) groups excluding carboxylic acids is 2. The van der Waals surface area contributed by atoms with Crippen molar-refractivity contribution in [3.8, 4) is 0 Å². The molecule has 0 saturated carbocycles. The maximum absolute atomic E-state index is 14.1. The van der Waals surface area contributed by atoms with Gasteiger partial charge < -0.3 is 14.7 Å². The van der Waals surface area contributed by atoms with E-state index in [0.29, 0.717) is 36.7 Å². The summed E-state index contributed by atoms with van der Waals surface area (Å²) in [5, 5.41) is 16.0. The number of ether oxygens (including phenoxy) is 1. The first-order valence-corrected chi connectivity index (χ1v) is 16.1. The average Bonchev–Trinajstić information content (AvgIpc) is 3.29. The number of benzene rings is 2. The molecule has 3 rings (SSSR count). The number of hydrogen-bond acceptors (Lipinski definition) is 9. The average molecular weight is 683 g/mol. The van der Waals surface area contributed by atoms with Crippen LogP contribution in [0.4, 0.5) is 17.1 Å². The number of anilines is 2. The van der Waals surface area contributed by atoms with Gasteiger partial charge >= 0.3 is 5.97 Å². The minimum absolute atomic E-state index is 0.0178. The first kappa shape index (κ1) is 36.7. The first-order valence-electron chi connectivity index (χ1n) is 15.0. The number of hydrazone groups is 1. The Hall–Kier alpha value is -2.73. The van der Waals surface area contributed by atoms with Crippen LogP contribution in [0.5, 0.6) is 0 Å². The van der Waals surface area contributed by atoms with Crippen molar-refractivity contribution < 1.29 is 24.3 Å². The van der Waals surface area contributed by atoms with Crippen molar-refractivity contribution in [2.24, 2.45) is 27.3 Å². The number of amides is 1. The highest BCUT2D eigenvalue weighted by Gasteiger charge is 2.47. The monoisotopic (exact) mass is 681 g/mol. The van der Waals surface area contributed by atoms with Gasteiger partial charge in [0.15, 0.2) is 5.71 Å². The molecule has 3 N–H and O–H groups in total. The van der Waals surface area contributed by atoms with Gasteiger partial charge in [0, 0.05) is 22.7 Å². The molecule has 2 aromatic rings. The number of aryl methyl sites for hydroxylation is 1. The molecule has 13 heteroatoms. The summed E-state index contributed by atoms with van der Waals surface area (Å²) in [6.45, 7) is 12.3. The lowest BCUT2D eigenvalue weighted by molar-refractivity contribution is -0.150. The number of unbranched alkanes of at least 4 members (excludes halogenated alkanes) is 1. The lowest BCUT2D eigenvalue weighted by Crippen LogP contribution is -2.46. The van der Waals surface area contributed by atoms with Crippen molar-refractivity contribution in [1.29, 1.82) is 0 Å². The molecule has 3 unspecified atom stereocenters. The Morgan fingerprint density at radius 1 is 1.18 bits per heavy atom. The molecule has 2 aromatic carbocycles. The minimum Gasteiger partial charge on any atom is -0.465 e. The van der Waals surface area contributed by atoms with Gasteiger partial charge in [0.2, 0.25) is 0 Å². The number of aliphatic hydroxyl groups excluding tert-OH is 1. The van der Waals surface area contributed by atoms with Gasteiger partial charge in [-0.1, -0.05) is 68.9 Å². The largest absolute Gasteiger partial charge is 0.465 e. The predicted octanol–water partition coefficient (Wildman–Crippen LogP) is 7.25. The number of carbonyl (C=O) groups is 2. The second-order valence-electron chi connectivity index (χ2n) is 11.4. The van der Waals surface area contributed by atoms with Crippen LogP contribution in [0.2, 0.25) is 15.1 Å². The number of nitrogens with zero attached hydrogens (tertiary/aromatic N) is 4. The molecule has 0 saturated heterocycles. The van der Waals surface area contributed by atoms with E-state index in [-0.39, 0.29) is 39.9 Å². The quantitative estimate of drug-likeness (QED) is 0.0876. The fourth-order valence-corrected chi connectivity index (χ4v) is 6.24. The zero-order valence-electron chi connectivity index (χ0n) is 26.6. The van der Waals surface area contributed by atoms with Crippen molar-refractivity contribution in [2.75, 3.05) is 29.8 Å². The highest BCUT2D eigenvalue weighted by atomic mass is 35.5. The Balaban J connectivity index is 2.15. The third kappa shape index (κ3) is 8.36. The van der Waals surface area contributed by atoms with Crippen LogP contribution in [0, 0.1) is 18.3 Å². The number of aliphatic hydroxyl groups is 1. The lowest BCUT2D eigenvalue weighted by atomic mass is 9.72. The van der Waals surface area contributed by atoms with Crippen LogP contribution in [0.3, 0.4) is 0 Å². The van der Waals surface area contributed by atoms with E-state index in [0.717, 1.165) is 29.1 Å². The summed E-state index contributed by atoms with van der Waals surface area (Å²) in [5.74, 6) is 4.56. The van der Waals surface area contributed by atoms with Crippen molar-refractivity contribution in [3.63, 3.8) is 0 Å². The summed E-state index contributed by atoms with van der Waals surface area (Å²) < 4.78 is 5.47. The Bertz CT molecular complexity index is 1430. The van der Waals surface area contributed by atoms with Crippen molar-refractivity contribution in [1.82, 2.24) is 0 Å². The molecule has 1 aliphatic rings. The topological polar surface area (TPSA) is 130 Å². The van der Waals surface area contributed by atoms with Gasteiger partial charge in [0.1, 0.15) is 24.2 Å². The summed E-state index contributed by atoms with van der Waals surface area (Å²) in [4.78, 5) is 39.1. The molecule has 0 radical (unpaired) electrons. The first-order chi connectivity index (χ1) is 21.3. The highest BCUT2D eigenvalue weighted by Crippen LogP contribution is 2.42. The molecule has 1 amide bonds. The van der Waals surface area contributed by atoms with Crippen LogP contribution in [0.25, 0.3) is 0 Å². The Labute approximate surface area is 280 Å². The summed E-state index contributed by atoms with van der Waals surface area (Å²) in [5.41, 5.74) is 1.56. The molecule has 1 aliphatic heterocycles. The molecule has 246 valence electrons. The second kappa shape index (κ2) is 16.2. The summed E-state index contributed by atoms with van der Waals surface area (Å²) in [6, 6.07) is 8.37. The van der Waals surface area contributed by atoms with Crippen LogP contribution < -0.4 is 15.8 Å². The van der Waals surface area contributed by atoms with Crippen molar-refractivity contribution in [2.45, 2.75) is 73.3 Å². The van der Waals surface area contributed by atoms with E-state index in [9.17, 15) is 14.7 Å². The number of hydrogen-bond donors (Lipinski definition) is 2. The molecule has 0 aliphatic carbocycles. The summed E-state index contributed by atoms with van der Waals surface area (Å²) >= 11 is 19.2. The molecule has 0 aromatic heterocycles. The molecular weight excluding hydrogens is 641 g/mol. The van der Waals surface area contributed by atoms with Crippen LogP contribution in [-0.4, -0.2) is 54.4 Å². The summed E-state index contributed by atoms with van der Waals surface area (Å²) in [6.07, 6.45) is 1.58. The van der Waals surface area contributed by atoms with Gasteiger partial charge in [-0.25, -0.2) is 10.9 Å². The Morgan fingerprint density at radius 3 is 2.38 bits per heavy atom. The third-order valence-corrected chi connectivity index (χ3v) is 8.91.